The number of hydrogen-bond acceptors (Lipinski definition) is 4. The van der Waals surface area contributed by atoms with Gasteiger partial charge >= 0.3 is 0 Å². The van der Waals surface area contributed by atoms with Crippen molar-refractivity contribution in [3.05, 3.63) is 52.5 Å². The van der Waals surface area contributed by atoms with Crippen LogP contribution in [0, 0.1) is 0 Å². The van der Waals surface area contributed by atoms with E-state index in [0.29, 0.717) is 35.5 Å². The van der Waals surface area contributed by atoms with E-state index in [0.717, 1.165) is 5.56 Å². The normalized spacial score (nSPS) is 10.4. The highest BCUT2D eigenvalue weighted by Gasteiger charge is 2.05. The van der Waals surface area contributed by atoms with Crippen LogP contribution < -0.4 is 10.1 Å². The molecule has 0 saturated carbocycles. The fourth-order valence-electron chi connectivity index (χ4n) is 1.50. The molecule has 2 rings (SSSR count). The predicted octanol–water partition coefficient (Wildman–Crippen LogP) is 2.95. The molecule has 0 saturated heterocycles. The van der Waals surface area contributed by atoms with Gasteiger partial charge in [-0.25, -0.2) is 9.97 Å². The van der Waals surface area contributed by atoms with Gasteiger partial charge in [0.15, 0.2) is 5.75 Å². The first-order valence-electron chi connectivity index (χ1n) is 5.79. The Kier molecular flexibility index (Phi) is 5.39. The molecule has 0 unspecified atom stereocenters. The fourth-order valence-corrected chi connectivity index (χ4v) is 2.01. The summed E-state index contributed by atoms with van der Waals surface area (Å²) in [5.41, 5.74) is 1.03. The molecule has 0 aliphatic rings. The second-order valence-corrected chi connectivity index (χ2v) is 4.64. The summed E-state index contributed by atoms with van der Waals surface area (Å²) in [4.78, 5) is 7.87. The van der Waals surface area contributed by atoms with Crippen LogP contribution in [-0.2, 0) is 6.54 Å². The highest BCUT2D eigenvalue weighted by molar-refractivity contribution is 6.37. The lowest BCUT2D eigenvalue weighted by atomic mass is 10.3. The van der Waals surface area contributed by atoms with Gasteiger partial charge in [-0.2, -0.15) is 0 Å². The van der Waals surface area contributed by atoms with E-state index in [1.54, 1.807) is 30.6 Å². The molecule has 0 bridgehead atoms. The third-order valence-electron chi connectivity index (χ3n) is 2.39. The van der Waals surface area contributed by atoms with Crippen LogP contribution in [0.1, 0.15) is 5.56 Å². The molecule has 1 N–H and O–H groups in total. The van der Waals surface area contributed by atoms with Gasteiger partial charge in [0.2, 0.25) is 0 Å². The third kappa shape index (κ3) is 4.35. The van der Waals surface area contributed by atoms with Crippen molar-refractivity contribution >= 4 is 23.2 Å². The van der Waals surface area contributed by atoms with Crippen molar-refractivity contribution in [3.8, 4) is 5.75 Å². The largest absolute Gasteiger partial charge is 0.489 e. The molecule has 1 aromatic carbocycles. The first-order valence-corrected chi connectivity index (χ1v) is 6.54. The molecule has 0 aliphatic heterocycles. The molecule has 0 spiro atoms. The maximum absolute atomic E-state index is 5.99. The predicted molar refractivity (Wildman–Crippen MR) is 75.7 cm³/mol. The summed E-state index contributed by atoms with van der Waals surface area (Å²) in [6.45, 7) is 1.86. The van der Waals surface area contributed by atoms with E-state index in [4.69, 9.17) is 27.9 Å². The number of para-hydroxylation sites is 1. The molecule has 0 radical (unpaired) electrons. The molecule has 1 aromatic heterocycles. The number of ether oxygens (including phenoxy) is 1. The van der Waals surface area contributed by atoms with E-state index in [-0.39, 0.29) is 0 Å². The van der Waals surface area contributed by atoms with Gasteiger partial charge in [-0.1, -0.05) is 29.3 Å². The molecule has 0 aliphatic carbocycles. The topological polar surface area (TPSA) is 47.0 Å². The summed E-state index contributed by atoms with van der Waals surface area (Å²) in [6.07, 6.45) is 5.05. The molecule has 19 heavy (non-hydrogen) atoms. The van der Waals surface area contributed by atoms with E-state index in [1.807, 2.05) is 0 Å². The smallest absolute Gasteiger partial charge is 0.156 e. The maximum Gasteiger partial charge on any atom is 0.156 e. The maximum atomic E-state index is 5.99. The Morgan fingerprint density at radius 2 is 1.79 bits per heavy atom. The van der Waals surface area contributed by atoms with Crippen molar-refractivity contribution in [2.75, 3.05) is 13.2 Å². The van der Waals surface area contributed by atoms with Gasteiger partial charge in [-0.05, 0) is 12.1 Å². The van der Waals surface area contributed by atoms with E-state index < -0.39 is 0 Å². The van der Waals surface area contributed by atoms with Gasteiger partial charge in [0.25, 0.3) is 0 Å². The minimum absolute atomic E-state index is 0.483. The van der Waals surface area contributed by atoms with Gasteiger partial charge in [-0.3, -0.25) is 0 Å². The third-order valence-corrected chi connectivity index (χ3v) is 2.98. The van der Waals surface area contributed by atoms with Crippen molar-refractivity contribution in [3.63, 3.8) is 0 Å². The Hall–Kier alpha value is -1.36. The second kappa shape index (κ2) is 7.28. The summed E-state index contributed by atoms with van der Waals surface area (Å²) >= 11 is 12.0. The molecular formula is C13H13Cl2N3O. The fraction of sp³-hybridized carbons (Fsp3) is 0.231. The minimum atomic E-state index is 0.483. The second-order valence-electron chi connectivity index (χ2n) is 3.82. The zero-order valence-electron chi connectivity index (χ0n) is 10.1. The molecule has 6 heteroatoms. The Balaban J connectivity index is 1.73. The van der Waals surface area contributed by atoms with Crippen molar-refractivity contribution in [2.24, 2.45) is 0 Å². The summed E-state index contributed by atoms with van der Waals surface area (Å²) in [5, 5.41) is 4.25. The Morgan fingerprint density at radius 1 is 1.11 bits per heavy atom. The van der Waals surface area contributed by atoms with Gasteiger partial charge in [0.05, 0.1) is 10.0 Å². The lowest BCUT2D eigenvalue weighted by molar-refractivity contribution is 0.314. The lowest BCUT2D eigenvalue weighted by Gasteiger charge is -2.10. The average Bonchev–Trinajstić information content (AvgIpc) is 2.42. The van der Waals surface area contributed by atoms with Crippen molar-refractivity contribution in [2.45, 2.75) is 6.54 Å². The van der Waals surface area contributed by atoms with Crippen LogP contribution in [0.3, 0.4) is 0 Å². The number of benzene rings is 1. The Morgan fingerprint density at radius 3 is 2.47 bits per heavy atom. The molecule has 2 aromatic rings. The number of nitrogens with one attached hydrogen (secondary N) is 1. The van der Waals surface area contributed by atoms with E-state index in [2.05, 4.69) is 15.3 Å². The number of nitrogens with zero attached hydrogens (tertiary/aromatic N) is 2. The molecule has 100 valence electrons. The van der Waals surface area contributed by atoms with Crippen molar-refractivity contribution < 1.29 is 4.74 Å². The number of hydrogen-bond donors (Lipinski definition) is 1. The number of aromatic nitrogens is 2. The van der Waals surface area contributed by atoms with Gasteiger partial charge in [0.1, 0.15) is 12.9 Å². The molecule has 0 atom stereocenters. The summed E-state index contributed by atoms with van der Waals surface area (Å²) < 4.78 is 5.55. The zero-order chi connectivity index (χ0) is 13.5. The standard InChI is InChI=1S/C13H13Cl2N3O/c14-11-2-1-3-12(15)13(11)19-5-4-16-6-10-7-17-9-18-8-10/h1-3,7-9,16H,4-6H2. The lowest BCUT2D eigenvalue weighted by Crippen LogP contribution is -2.20. The van der Waals surface area contributed by atoms with Crippen LogP contribution >= 0.6 is 23.2 Å². The highest BCUT2D eigenvalue weighted by atomic mass is 35.5. The van der Waals surface area contributed by atoms with Crippen LogP contribution in [0.25, 0.3) is 0 Å². The molecular weight excluding hydrogens is 285 g/mol. The number of halogens is 2. The molecule has 4 nitrogen and oxygen atoms in total. The van der Waals surface area contributed by atoms with Crippen molar-refractivity contribution in [1.82, 2.24) is 15.3 Å². The number of rotatable bonds is 6. The quantitative estimate of drug-likeness (QED) is 0.833. The molecule has 0 fully saturated rings. The van der Waals surface area contributed by atoms with Gasteiger partial charge in [0, 0.05) is 31.0 Å². The monoisotopic (exact) mass is 297 g/mol. The first kappa shape index (κ1) is 14.1. The minimum Gasteiger partial charge on any atom is -0.489 e. The Labute approximate surface area is 121 Å². The van der Waals surface area contributed by atoms with Crippen molar-refractivity contribution in [1.29, 1.82) is 0 Å². The summed E-state index contributed by atoms with van der Waals surface area (Å²) in [6, 6.07) is 5.28. The van der Waals surface area contributed by atoms with E-state index in [9.17, 15) is 0 Å². The summed E-state index contributed by atoms with van der Waals surface area (Å²) in [7, 11) is 0. The van der Waals surface area contributed by atoms with Crippen LogP contribution in [-0.4, -0.2) is 23.1 Å². The van der Waals surface area contributed by atoms with Gasteiger partial charge in [-0.15, -0.1) is 0 Å². The molecule has 1 heterocycles. The van der Waals surface area contributed by atoms with Crippen LogP contribution in [0.5, 0.6) is 5.75 Å². The first-order chi connectivity index (χ1) is 9.27. The van der Waals surface area contributed by atoms with Crippen LogP contribution in [0.2, 0.25) is 10.0 Å². The Bertz CT molecular complexity index is 502. The van der Waals surface area contributed by atoms with E-state index in [1.165, 1.54) is 6.33 Å². The molecule has 0 amide bonds. The van der Waals surface area contributed by atoms with E-state index >= 15 is 0 Å². The average molecular weight is 298 g/mol. The highest BCUT2D eigenvalue weighted by Crippen LogP contribution is 2.32. The van der Waals surface area contributed by atoms with Gasteiger partial charge < -0.3 is 10.1 Å². The van der Waals surface area contributed by atoms with Crippen LogP contribution in [0.15, 0.2) is 36.9 Å². The zero-order valence-corrected chi connectivity index (χ0v) is 11.7. The summed E-state index contributed by atoms with van der Waals surface area (Å²) in [5.74, 6) is 0.524. The SMILES string of the molecule is Clc1cccc(Cl)c1OCCNCc1cncnc1. The van der Waals surface area contributed by atoms with Crippen LogP contribution in [0.4, 0.5) is 0 Å².